The highest BCUT2D eigenvalue weighted by Crippen LogP contribution is 2.25. The molecule has 7 heteroatoms. The zero-order valence-electron chi connectivity index (χ0n) is 15.6. The fourth-order valence-corrected chi connectivity index (χ4v) is 3.30. The van der Waals surface area contributed by atoms with Crippen molar-refractivity contribution in [3.63, 3.8) is 0 Å². The number of aromatic nitrogens is 2. The van der Waals surface area contributed by atoms with Crippen molar-refractivity contribution in [3.8, 4) is 11.4 Å². The Morgan fingerprint density at radius 3 is 2.64 bits per heavy atom. The molecule has 6 nitrogen and oxygen atoms in total. The van der Waals surface area contributed by atoms with Gasteiger partial charge in [-0.25, -0.2) is 4.39 Å². The van der Waals surface area contributed by atoms with Crippen LogP contribution in [0.5, 0.6) is 0 Å². The van der Waals surface area contributed by atoms with Crippen LogP contribution in [0.2, 0.25) is 0 Å². The fraction of sp³-hybridized carbons (Fsp3) is 0.286. The number of nitrogens with one attached hydrogen (secondary N) is 1. The van der Waals surface area contributed by atoms with Crippen molar-refractivity contribution in [2.75, 3.05) is 23.3 Å². The average Bonchev–Trinajstić information content (AvgIpc) is 3.22. The zero-order chi connectivity index (χ0) is 19.5. The van der Waals surface area contributed by atoms with Gasteiger partial charge in [-0.2, -0.15) is 4.98 Å². The number of amides is 1. The van der Waals surface area contributed by atoms with Crippen molar-refractivity contribution in [2.45, 2.75) is 19.8 Å². The molecular weight excluding hydrogens is 359 g/mol. The largest absolute Gasteiger partial charge is 0.326 e. The molecule has 0 radical (unpaired) electrons. The highest BCUT2D eigenvalue weighted by atomic mass is 19.1. The number of carbonyl (C=O) groups is 1. The molecule has 28 heavy (non-hydrogen) atoms. The van der Waals surface area contributed by atoms with Crippen molar-refractivity contribution in [1.29, 1.82) is 0 Å². The van der Waals surface area contributed by atoms with Crippen molar-refractivity contribution in [1.82, 2.24) is 10.1 Å². The molecule has 1 N–H and O–H groups in total. The second-order valence-electron chi connectivity index (χ2n) is 6.98. The summed E-state index contributed by atoms with van der Waals surface area (Å²) in [5.41, 5.74) is 1.94. The Hall–Kier alpha value is -3.22. The predicted octanol–water partition coefficient (Wildman–Crippen LogP) is 4.04. The lowest BCUT2D eigenvalue weighted by Crippen LogP contribution is -2.38. The van der Waals surface area contributed by atoms with Crippen LogP contribution in [0.25, 0.3) is 11.4 Å². The van der Waals surface area contributed by atoms with Gasteiger partial charge >= 0.3 is 6.01 Å². The van der Waals surface area contributed by atoms with Gasteiger partial charge in [0.05, 0.1) is 0 Å². The Morgan fingerprint density at radius 1 is 1.18 bits per heavy atom. The molecule has 0 bridgehead atoms. The van der Waals surface area contributed by atoms with E-state index in [1.165, 1.54) is 6.07 Å². The SMILES string of the molecule is Cc1ccc(NC(=O)C2CCN(c3nc(-c4ccccc4)no3)CC2)cc1F. The van der Waals surface area contributed by atoms with E-state index >= 15 is 0 Å². The second-order valence-corrected chi connectivity index (χ2v) is 6.98. The van der Waals surface area contributed by atoms with E-state index in [0.29, 0.717) is 49.0 Å². The Morgan fingerprint density at radius 2 is 1.93 bits per heavy atom. The van der Waals surface area contributed by atoms with E-state index in [4.69, 9.17) is 4.52 Å². The zero-order valence-corrected chi connectivity index (χ0v) is 15.6. The normalized spacial score (nSPS) is 14.9. The summed E-state index contributed by atoms with van der Waals surface area (Å²) in [6.45, 7) is 2.99. The topological polar surface area (TPSA) is 71.3 Å². The molecule has 1 amide bonds. The molecule has 1 aromatic heterocycles. The van der Waals surface area contributed by atoms with Gasteiger partial charge in [0.15, 0.2) is 0 Å². The number of hydrogen-bond donors (Lipinski definition) is 1. The quantitative estimate of drug-likeness (QED) is 0.740. The highest BCUT2D eigenvalue weighted by Gasteiger charge is 2.27. The minimum atomic E-state index is -0.321. The Balaban J connectivity index is 1.35. The third kappa shape index (κ3) is 3.88. The number of nitrogens with zero attached hydrogens (tertiary/aromatic N) is 3. The van der Waals surface area contributed by atoms with Gasteiger partial charge < -0.3 is 14.7 Å². The summed E-state index contributed by atoms with van der Waals surface area (Å²) in [7, 11) is 0. The van der Waals surface area contributed by atoms with E-state index in [1.807, 2.05) is 35.2 Å². The minimum Gasteiger partial charge on any atom is -0.326 e. The summed E-state index contributed by atoms with van der Waals surface area (Å²) in [6.07, 6.45) is 1.34. The number of carbonyl (C=O) groups excluding carboxylic acids is 1. The maximum absolute atomic E-state index is 13.7. The molecule has 0 atom stereocenters. The second kappa shape index (κ2) is 7.80. The van der Waals surface area contributed by atoms with Crippen LogP contribution >= 0.6 is 0 Å². The Bertz CT molecular complexity index is 966. The first kappa shape index (κ1) is 18.2. The molecule has 2 heterocycles. The van der Waals surface area contributed by atoms with Gasteiger partial charge in [-0.1, -0.05) is 41.6 Å². The smallest absolute Gasteiger partial charge is 0.324 e. The van der Waals surface area contributed by atoms with Crippen LogP contribution in [-0.4, -0.2) is 29.1 Å². The molecule has 1 aliphatic rings. The van der Waals surface area contributed by atoms with Crippen molar-refractivity contribution in [3.05, 3.63) is 59.9 Å². The van der Waals surface area contributed by atoms with Crippen LogP contribution in [0.15, 0.2) is 53.1 Å². The van der Waals surface area contributed by atoms with E-state index in [0.717, 1.165) is 5.56 Å². The third-order valence-electron chi connectivity index (χ3n) is 5.02. The highest BCUT2D eigenvalue weighted by molar-refractivity contribution is 5.92. The standard InChI is InChI=1S/C21H21FN4O2/c1-14-7-8-17(13-18(14)22)23-20(27)16-9-11-26(12-10-16)21-24-19(25-28-21)15-5-3-2-4-6-15/h2-8,13,16H,9-12H2,1H3,(H,23,27). The van der Waals surface area contributed by atoms with Crippen LogP contribution in [0, 0.1) is 18.7 Å². The number of hydrogen-bond acceptors (Lipinski definition) is 5. The number of benzene rings is 2. The summed E-state index contributed by atoms with van der Waals surface area (Å²) in [5.74, 6) is 0.0191. The average molecular weight is 380 g/mol. The lowest BCUT2D eigenvalue weighted by molar-refractivity contribution is -0.120. The van der Waals surface area contributed by atoms with Gasteiger partial charge in [-0.3, -0.25) is 4.79 Å². The first-order chi connectivity index (χ1) is 13.6. The first-order valence-electron chi connectivity index (χ1n) is 9.31. The molecule has 1 saturated heterocycles. The fourth-order valence-electron chi connectivity index (χ4n) is 3.30. The minimum absolute atomic E-state index is 0.0848. The molecule has 1 fully saturated rings. The molecule has 0 aliphatic carbocycles. The molecule has 3 aromatic rings. The summed E-state index contributed by atoms with van der Waals surface area (Å²) >= 11 is 0. The predicted molar refractivity (Wildman–Crippen MR) is 104 cm³/mol. The summed E-state index contributed by atoms with van der Waals surface area (Å²) < 4.78 is 19.1. The number of rotatable bonds is 4. The summed E-state index contributed by atoms with van der Waals surface area (Å²) in [4.78, 5) is 19.0. The van der Waals surface area contributed by atoms with Crippen LogP contribution < -0.4 is 10.2 Å². The van der Waals surface area contributed by atoms with Crippen molar-refractivity contribution in [2.24, 2.45) is 5.92 Å². The summed E-state index contributed by atoms with van der Waals surface area (Å²) in [5, 5.41) is 6.86. The Kier molecular flexibility index (Phi) is 5.06. The van der Waals surface area contributed by atoms with Crippen LogP contribution in [0.4, 0.5) is 16.1 Å². The maximum atomic E-state index is 13.7. The van der Waals surface area contributed by atoms with Gasteiger partial charge in [0.1, 0.15) is 5.82 Å². The van der Waals surface area contributed by atoms with Crippen molar-refractivity contribution >= 4 is 17.6 Å². The van der Waals surface area contributed by atoms with Crippen LogP contribution in [0.3, 0.4) is 0 Å². The molecule has 2 aromatic carbocycles. The van der Waals surface area contributed by atoms with Crippen LogP contribution in [0.1, 0.15) is 18.4 Å². The number of piperidine rings is 1. The van der Waals surface area contributed by atoms with Gasteiger partial charge in [-0.15, -0.1) is 0 Å². The van der Waals surface area contributed by atoms with E-state index < -0.39 is 0 Å². The molecule has 0 unspecified atom stereocenters. The third-order valence-corrected chi connectivity index (χ3v) is 5.02. The molecule has 1 aliphatic heterocycles. The molecule has 0 saturated carbocycles. The molecular formula is C21H21FN4O2. The van der Waals surface area contributed by atoms with E-state index in [1.54, 1.807) is 19.1 Å². The lowest BCUT2D eigenvalue weighted by atomic mass is 9.96. The summed E-state index contributed by atoms with van der Waals surface area (Å²) in [6, 6.07) is 14.8. The number of anilines is 2. The van der Waals surface area contributed by atoms with Gasteiger partial charge in [0, 0.05) is 30.3 Å². The van der Waals surface area contributed by atoms with Crippen molar-refractivity contribution < 1.29 is 13.7 Å². The molecule has 4 rings (SSSR count). The van der Waals surface area contributed by atoms with Gasteiger partial charge in [-0.05, 0) is 37.5 Å². The Labute approximate surface area is 162 Å². The van der Waals surface area contributed by atoms with E-state index in [9.17, 15) is 9.18 Å². The van der Waals surface area contributed by atoms with E-state index in [2.05, 4.69) is 15.5 Å². The van der Waals surface area contributed by atoms with Crippen LogP contribution in [-0.2, 0) is 4.79 Å². The van der Waals surface area contributed by atoms with Gasteiger partial charge in [0.2, 0.25) is 11.7 Å². The number of aryl methyl sites for hydroxylation is 1. The lowest BCUT2D eigenvalue weighted by Gasteiger charge is -2.29. The monoisotopic (exact) mass is 380 g/mol. The molecule has 144 valence electrons. The van der Waals surface area contributed by atoms with Gasteiger partial charge in [0.25, 0.3) is 0 Å². The van der Waals surface area contributed by atoms with E-state index in [-0.39, 0.29) is 17.6 Å². The maximum Gasteiger partial charge on any atom is 0.324 e. The number of halogens is 1. The first-order valence-corrected chi connectivity index (χ1v) is 9.31. The molecule has 0 spiro atoms.